The number of carbonyl (C=O) groups excluding carboxylic acids is 1. The van der Waals surface area contributed by atoms with Crippen molar-refractivity contribution in [3.8, 4) is 0 Å². The van der Waals surface area contributed by atoms with Gasteiger partial charge in [0.15, 0.2) is 0 Å². The number of rotatable bonds is 6. The third kappa shape index (κ3) is 5.22. The fourth-order valence-electron chi connectivity index (χ4n) is 1.10. The van der Waals surface area contributed by atoms with E-state index < -0.39 is 0 Å². The highest BCUT2D eigenvalue weighted by atomic mass is 16.2. The van der Waals surface area contributed by atoms with E-state index >= 15 is 0 Å². The molecule has 0 saturated heterocycles. The summed E-state index contributed by atoms with van der Waals surface area (Å²) in [5.41, 5.74) is 0. The van der Waals surface area contributed by atoms with Gasteiger partial charge in [0.25, 0.3) is 0 Å². The molecule has 0 N–H and O–H groups in total. The Balaban J connectivity index is 3.72. The molecule has 0 bridgehead atoms. The average molecular weight is 200 g/mol. The maximum atomic E-state index is 11.4. The Bertz CT molecular complexity index is 169. The highest BCUT2D eigenvalue weighted by molar-refractivity contribution is 5.75. The molecule has 84 valence electrons. The SMILES string of the molecule is CCCC(=O)N(C)CCN(C)C(C)C. The van der Waals surface area contributed by atoms with Crippen LogP contribution >= 0.6 is 0 Å². The Labute approximate surface area is 88.1 Å². The van der Waals surface area contributed by atoms with E-state index in [2.05, 4.69) is 25.8 Å². The minimum absolute atomic E-state index is 0.254. The molecule has 0 aliphatic heterocycles. The summed E-state index contributed by atoms with van der Waals surface area (Å²) in [6.07, 6.45) is 1.60. The first kappa shape index (κ1) is 13.4. The number of carbonyl (C=O) groups is 1. The molecule has 0 radical (unpaired) electrons. The topological polar surface area (TPSA) is 23.6 Å². The van der Waals surface area contributed by atoms with Crippen molar-refractivity contribution >= 4 is 5.91 Å². The van der Waals surface area contributed by atoms with Gasteiger partial charge in [0.05, 0.1) is 0 Å². The van der Waals surface area contributed by atoms with Gasteiger partial charge in [0, 0.05) is 32.6 Å². The summed E-state index contributed by atoms with van der Waals surface area (Å²) in [6.45, 7) is 8.13. The Morgan fingerprint density at radius 3 is 2.21 bits per heavy atom. The fourth-order valence-corrected chi connectivity index (χ4v) is 1.10. The molecule has 0 aromatic rings. The van der Waals surface area contributed by atoms with Crippen LogP contribution in [0.25, 0.3) is 0 Å². The standard InChI is InChI=1S/C11H24N2O/c1-6-7-11(14)13(5)9-8-12(4)10(2)3/h10H,6-9H2,1-5H3. The van der Waals surface area contributed by atoms with Gasteiger partial charge in [0.1, 0.15) is 0 Å². The molecular weight excluding hydrogens is 176 g/mol. The molecule has 14 heavy (non-hydrogen) atoms. The summed E-state index contributed by atoms with van der Waals surface area (Å²) in [7, 11) is 3.97. The van der Waals surface area contributed by atoms with Crippen LogP contribution in [-0.4, -0.2) is 48.9 Å². The van der Waals surface area contributed by atoms with Crippen LogP contribution in [0.1, 0.15) is 33.6 Å². The maximum absolute atomic E-state index is 11.4. The van der Waals surface area contributed by atoms with E-state index in [1.807, 2.05) is 18.9 Å². The van der Waals surface area contributed by atoms with Crippen molar-refractivity contribution in [3.63, 3.8) is 0 Å². The lowest BCUT2D eigenvalue weighted by Gasteiger charge is -2.24. The minimum atomic E-state index is 0.254. The van der Waals surface area contributed by atoms with Gasteiger partial charge in [-0.15, -0.1) is 0 Å². The zero-order valence-electron chi connectivity index (χ0n) is 10.2. The summed E-state index contributed by atoms with van der Waals surface area (Å²) in [6, 6.07) is 0.546. The van der Waals surface area contributed by atoms with Gasteiger partial charge in [0.2, 0.25) is 5.91 Å². The van der Waals surface area contributed by atoms with Crippen molar-refractivity contribution in [3.05, 3.63) is 0 Å². The number of likely N-dealkylation sites (N-methyl/N-ethyl adjacent to an activating group) is 2. The van der Waals surface area contributed by atoms with Crippen LogP contribution in [0.3, 0.4) is 0 Å². The Hall–Kier alpha value is -0.570. The molecule has 0 spiro atoms. The van der Waals surface area contributed by atoms with Gasteiger partial charge in [-0.05, 0) is 27.3 Å². The van der Waals surface area contributed by atoms with Crippen LogP contribution in [0.4, 0.5) is 0 Å². The Morgan fingerprint density at radius 2 is 1.79 bits per heavy atom. The van der Waals surface area contributed by atoms with Gasteiger partial charge in [-0.1, -0.05) is 6.92 Å². The normalized spacial score (nSPS) is 11.1. The van der Waals surface area contributed by atoms with Gasteiger partial charge in [-0.3, -0.25) is 4.79 Å². The highest BCUT2D eigenvalue weighted by Crippen LogP contribution is 1.97. The molecule has 0 aliphatic rings. The van der Waals surface area contributed by atoms with E-state index in [0.29, 0.717) is 12.5 Å². The van der Waals surface area contributed by atoms with Crippen LogP contribution in [0.5, 0.6) is 0 Å². The maximum Gasteiger partial charge on any atom is 0.222 e. The Kier molecular flexibility index (Phi) is 6.54. The van der Waals surface area contributed by atoms with E-state index in [4.69, 9.17) is 0 Å². The molecular formula is C11H24N2O. The smallest absolute Gasteiger partial charge is 0.222 e. The zero-order chi connectivity index (χ0) is 11.1. The number of amides is 1. The van der Waals surface area contributed by atoms with Crippen molar-refractivity contribution in [2.45, 2.75) is 39.7 Å². The Morgan fingerprint density at radius 1 is 1.21 bits per heavy atom. The average Bonchev–Trinajstić information content (AvgIpc) is 2.13. The first-order valence-electron chi connectivity index (χ1n) is 5.43. The molecule has 0 heterocycles. The van der Waals surface area contributed by atoms with Gasteiger partial charge < -0.3 is 9.80 Å². The number of hydrogen-bond donors (Lipinski definition) is 0. The molecule has 0 aromatic heterocycles. The van der Waals surface area contributed by atoms with E-state index in [0.717, 1.165) is 19.5 Å². The van der Waals surface area contributed by atoms with Crippen LogP contribution in [0.15, 0.2) is 0 Å². The molecule has 0 rings (SSSR count). The lowest BCUT2D eigenvalue weighted by atomic mass is 10.3. The quantitative estimate of drug-likeness (QED) is 0.650. The molecule has 3 heteroatoms. The molecule has 0 fully saturated rings. The van der Waals surface area contributed by atoms with Gasteiger partial charge in [-0.25, -0.2) is 0 Å². The largest absolute Gasteiger partial charge is 0.344 e. The van der Waals surface area contributed by atoms with E-state index in [1.54, 1.807) is 0 Å². The molecule has 0 aliphatic carbocycles. The second-order valence-electron chi connectivity index (χ2n) is 4.14. The number of nitrogens with zero attached hydrogens (tertiary/aromatic N) is 2. The van der Waals surface area contributed by atoms with Crippen molar-refractivity contribution in [2.24, 2.45) is 0 Å². The van der Waals surface area contributed by atoms with Crippen molar-refractivity contribution in [1.82, 2.24) is 9.80 Å². The van der Waals surface area contributed by atoms with Crippen LogP contribution in [0.2, 0.25) is 0 Å². The molecule has 3 nitrogen and oxygen atoms in total. The van der Waals surface area contributed by atoms with Crippen molar-refractivity contribution in [1.29, 1.82) is 0 Å². The first-order chi connectivity index (χ1) is 6.49. The third-order valence-corrected chi connectivity index (χ3v) is 2.56. The van der Waals surface area contributed by atoms with Crippen molar-refractivity contribution < 1.29 is 4.79 Å². The predicted octanol–water partition coefficient (Wildman–Crippen LogP) is 1.59. The molecule has 0 aromatic carbocycles. The molecule has 0 saturated carbocycles. The zero-order valence-corrected chi connectivity index (χ0v) is 10.2. The molecule has 1 amide bonds. The predicted molar refractivity (Wildman–Crippen MR) is 60.3 cm³/mol. The van der Waals surface area contributed by atoms with E-state index in [1.165, 1.54) is 0 Å². The lowest BCUT2D eigenvalue weighted by molar-refractivity contribution is -0.130. The fraction of sp³-hybridized carbons (Fsp3) is 0.909. The van der Waals surface area contributed by atoms with E-state index in [9.17, 15) is 4.79 Å². The van der Waals surface area contributed by atoms with Gasteiger partial charge >= 0.3 is 0 Å². The van der Waals surface area contributed by atoms with Crippen LogP contribution in [-0.2, 0) is 4.79 Å². The summed E-state index contributed by atoms with van der Waals surface area (Å²) < 4.78 is 0. The number of hydrogen-bond acceptors (Lipinski definition) is 2. The monoisotopic (exact) mass is 200 g/mol. The minimum Gasteiger partial charge on any atom is -0.344 e. The van der Waals surface area contributed by atoms with Crippen molar-refractivity contribution in [2.75, 3.05) is 27.2 Å². The van der Waals surface area contributed by atoms with Gasteiger partial charge in [-0.2, -0.15) is 0 Å². The van der Waals surface area contributed by atoms with Crippen LogP contribution in [0, 0.1) is 0 Å². The molecule has 0 atom stereocenters. The summed E-state index contributed by atoms with van der Waals surface area (Å²) >= 11 is 0. The second-order valence-corrected chi connectivity index (χ2v) is 4.14. The molecule has 0 unspecified atom stereocenters. The first-order valence-corrected chi connectivity index (χ1v) is 5.43. The highest BCUT2D eigenvalue weighted by Gasteiger charge is 2.09. The summed E-state index contributed by atoms with van der Waals surface area (Å²) in [5, 5.41) is 0. The summed E-state index contributed by atoms with van der Waals surface area (Å²) in [4.78, 5) is 15.5. The van der Waals surface area contributed by atoms with Crippen LogP contribution < -0.4 is 0 Å². The summed E-state index contributed by atoms with van der Waals surface area (Å²) in [5.74, 6) is 0.254. The van der Waals surface area contributed by atoms with E-state index in [-0.39, 0.29) is 5.91 Å². The third-order valence-electron chi connectivity index (χ3n) is 2.56. The lowest BCUT2D eigenvalue weighted by Crippen LogP contribution is -2.37. The second kappa shape index (κ2) is 6.82.